The van der Waals surface area contributed by atoms with Crippen LogP contribution < -0.4 is 0 Å². The highest BCUT2D eigenvalue weighted by atomic mass is 35.5. The molecule has 0 aliphatic rings. The van der Waals surface area contributed by atoms with Crippen LogP contribution in [0.25, 0.3) is 10.9 Å². The summed E-state index contributed by atoms with van der Waals surface area (Å²) in [5, 5.41) is 10.5. The number of aliphatic hydroxyl groups excluding tert-OH is 1. The van der Waals surface area contributed by atoms with Crippen molar-refractivity contribution in [3.05, 3.63) is 42.1 Å². The van der Waals surface area contributed by atoms with E-state index in [1.165, 1.54) is 0 Å². The van der Waals surface area contributed by atoms with Gasteiger partial charge in [-0.1, -0.05) is 24.3 Å². The molecule has 1 unspecified atom stereocenters. The molecule has 0 saturated carbocycles. The van der Waals surface area contributed by atoms with Gasteiger partial charge in [0.05, 0.1) is 11.6 Å². The molecule has 1 N–H and O–H groups in total. The van der Waals surface area contributed by atoms with Crippen molar-refractivity contribution >= 4 is 22.5 Å². The molecular weight excluding hydrogens is 210 g/mol. The lowest BCUT2D eigenvalue weighted by atomic mass is 10.1. The highest BCUT2D eigenvalue weighted by Gasteiger charge is 2.05. The number of benzene rings is 1. The number of pyridine rings is 1. The zero-order valence-electron chi connectivity index (χ0n) is 8.23. The molecule has 2 nitrogen and oxygen atoms in total. The van der Waals surface area contributed by atoms with Crippen molar-refractivity contribution in [3.63, 3.8) is 0 Å². The van der Waals surface area contributed by atoms with Gasteiger partial charge in [-0.3, -0.25) is 4.98 Å². The number of nitrogens with zero attached hydrogens (tertiary/aromatic N) is 1. The Hall–Kier alpha value is -1.12. The molecule has 0 bridgehead atoms. The van der Waals surface area contributed by atoms with Crippen LogP contribution in [0.4, 0.5) is 0 Å². The van der Waals surface area contributed by atoms with Gasteiger partial charge >= 0.3 is 0 Å². The van der Waals surface area contributed by atoms with Gasteiger partial charge in [-0.15, -0.1) is 11.6 Å². The first-order valence-electron chi connectivity index (χ1n) is 4.88. The molecule has 0 aliphatic carbocycles. The second-order valence-corrected chi connectivity index (χ2v) is 3.82. The zero-order valence-corrected chi connectivity index (χ0v) is 8.98. The van der Waals surface area contributed by atoms with Crippen molar-refractivity contribution in [1.82, 2.24) is 4.98 Å². The highest BCUT2D eigenvalue weighted by molar-refractivity contribution is 6.18. The largest absolute Gasteiger partial charge is 0.391 e. The summed E-state index contributed by atoms with van der Waals surface area (Å²) in [6.07, 6.45) is -0.00532. The fourth-order valence-electron chi connectivity index (χ4n) is 1.52. The third-order valence-electron chi connectivity index (χ3n) is 2.28. The van der Waals surface area contributed by atoms with Crippen molar-refractivity contribution in [2.45, 2.75) is 12.5 Å². The van der Waals surface area contributed by atoms with E-state index in [1.54, 1.807) is 0 Å². The predicted octanol–water partition coefficient (Wildman–Crippen LogP) is 2.38. The smallest absolute Gasteiger partial charge is 0.0730 e. The molecule has 1 aromatic heterocycles. The second-order valence-electron chi connectivity index (χ2n) is 3.51. The van der Waals surface area contributed by atoms with Crippen LogP contribution in [0, 0.1) is 0 Å². The van der Waals surface area contributed by atoms with Gasteiger partial charge in [-0.2, -0.15) is 0 Å². The van der Waals surface area contributed by atoms with E-state index in [-0.39, 0.29) is 5.88 Å². The van der Waals surface area contributed by atoms with Gasteiger partial charge in [0.15, 0.2) is 0 Å². The quantitative estimate of drug-likeness (QED) is 0.808. The number of aromatic nitrogens is 1. The molecular formula is C12H12ClNO. The Kier molecular flexibility index (Phi) is 3.19. The number of aliphatic hydroxyl groups is 1. The topological polar surface area (TPSA) is 33.1 Å². The van der Waals surface area contributed by atoms with Gasteiger partial charge in [0, 0.05) is 23.4 Å². The third kappa shape index (κ3) is 2.46. The molecule has 1 atom stereocenters. The van der Waals surface area contributed by atoms with E-state index >= 15 is 0 Å². The monoisotopic (exact) mass is 221 g/mol. The van der Waals surface area contributed by atoms with Gasteiger partial charge < -0.3 is 5.11 Å². The van der Waals surface area contributed by atoms with E-state index in [0.29, 0.717) is 6.42 Å². The van der Waals surface area contributed by atoms with Crippen LogP contribution in [0.15, 0.2) is 36.4 Å². The summed E-state index contributed by atoms with van der Waals surface area (Å²) >= 11 is 5.54. The van der Waals surface area contributed by atoms with Crippen LogP contribution in [0.5, 0.6) is 0 Å². The SMILES string of the molecule is OC(CCl)Cc1ccc2ccccc2n1. The molecule has 0 spiro atoms. The van der Waals surface area contributed by atoms with Crippen LogP contribution in [0.1, 0.15) is 5.69 Å². The van der Waals surface area contributed by atoms with E-state index < -0.39 is 6.10 Å². The van der Waals surface area contributed by atoms with Gasteiger partial charge in [0.25, 0.3) is 0 Å². The fourth-order valence-corrected chi connectivity index (χ4v) is 1.63. The molecule has 2 aromatic rings. The molecule has 1 aromatic carbocycles. The van der Waals surface area contributed by atoms with E-state index in [9.17, 15) is 5.11 Å². The maximum Gasteiger partial charge on any atom is 0.0730 e. The summed E-state index contributed by atoms with van der Waals surface area (Å²) in [4.78, 5) is 4.44. The Morgan fingerprint density at radius 2 is 2.00 bits per heavy atom. The van der Waals surface area contributed by atoms with Gasteiger partial charge in [0.2, 0.25) is 0 Å². The predicted molar refractivity (Wildman–Crippen MR) is 62.2 cm³/mol. The minimum absolute atomic E-state index is 0.245. The van der Waals surface area contributed by atoms with E-state index in [2.05, 4.69) is 4.98 Å². The third-order valence-corrected chi connectivity index (χ3v) is 2.64. The lowest BCUT2D eigenvalue weighted by Gasteiger charge is -2.06. The maximum atomic E-state index is 9.41. The van der Waals surface area contributed by atoms with Crippen molar-refractivity contribution in [3.8, 4) is 0 Å². The number of fused-ring (bicyclic) bond motifs is 1. The second kappa shape index (κ2) is 4.60. The number of hydrogen-bond acceptors (Lipinski definition) is 2. The van der Waals surface area contributed by atoms with Crippen molar-refractivity contribution in [1.29, 1.82) is 0 Å². The highest BCUT2D eigenvalue weighted by Crippen LogP contribution is 2.12. The molecule has 1 heterocycles. The summed E-state index contributed by atoms with van der Waals surface area (Å²) in [7, 11) is 0. The summed E-state index contributed by atoms with van der Waals surface area (Å²) in [6.45, 7) is 0. The lowest BCUT2D eigenvalue weighted by Crippen LogP contribution is -2.12. The van der Waals surface area contributed by atoms with Gasteiger partial charge in [-0.05, 0) is 12.1 Å². The van der Waals surface area contributed by atoms with Gasteiger partial charge in [-0.25, -0.2) is 0 Å². The summed E-state index contributed by atoms with van der Waals surface area (Å²) in [5.41, 5.74) is 1.83. The fraction of sp³-hybridized carbons (Fsp3) is 0.250. The Balaban J connectivity index is 2.30. The van der Waals surface area contributed by atoms with Crippen molar-refractivity contribution in [2.75, 3.05) is 5.88 Å². The van der Waals surface area contributed by atoms with Crippen LogP contribution in [0.3, 0.4) is 0 Å². The van der Waals surface area contributed by atoms with Crippen LogP contribution in [-0.4, -0.2) is 22.1 Å². The lowest BCUT2D eigenvalue weighted by molar-refractivity contribution is 0.197. The normalized spacial score (nSPS) is 12.9. The number of halogens is 1. The zero-order chi connectivity index (χ0) is 10.7. The summed E-state index contributed by atoms with van der Waals surface area (Å²) < 4.78 is 0. The summed E-state index contributed by atoms with van der Waals surface area (Å²) in [5.74, 6) is 0.245. The Morgan fingerprint density at radius 1 is 1.20 bits per heavy atom. The van der Waals surface area contributed by atoms with E-state index in [4.69, 9.17) is 11.6 Å². The maximum absolute atomic E-state index is 9.41. The van der Waals surface area contributed by atoms with E-state index in [0.717, 1.165) is 16.6 Å². The molecule has 0 saturated heterocycles. The first-order valence-corrected chi connectivity index (χ1v) is 5.42. The molecule has 15 heavy (non-hydrogen) atoms. The minimum Gasteiger partial charge on any atom is -0.391 e. The molecule has 3 heteroatoms. The van der Waals surface area contributed by atoms with Crippen LogP contribution >= 0.6 is 11.6 Å². The Labute approximate surface area is 93.5 Å². The average Bonchev–Trinajstić information content (AvgIpc) is 2.29. The van der Waals surface area contributed by atoms with Gasteiger partial charge in [0.1, 0.15) is 0 Å². The Morgan fingerprint density at radius 3 is 2.80 bits per heavy atom. The molecule has 0 amide bonds. The number of rotatable bonds is 3. The molecule has 0 radical (unpaired) electrons. The first-order chi connectivity index (χ1) is 7.29. The first kappa shape index (κ1) is 10.4. The minimum atomic E-state index is -0.514. The summed E-state index contributed by atoms with van der Waals surface area (Å²) in [6, 6.07) is 11.9. The van der Waals surface area contributed by atoms with Crippen molar-refractivity contribution in [2.24, 2.45) is 0 Å². The van der Waals surface area contributed by atoms with Crippen molar-refractivity contribution < 1.29 is 5.11 Å². The van der Waals surface area contributed by atoms with E-state index in [1.807, 2.05) is 36.4 Å². The number of alkyl halides is 1. The standard InChI is InChI=1S/C12H12ClNO/c13-8-11(15)7-10-6-5-9-3-1-2-4-12(9)14-10/h1-6,11,15H,7-8H2. The number of hydrogen-bond donors (Lipinski definition) is 1. The molecule has 2 rings (SSSR count). The molecule has 78 valence electrons. The molecule has 0 aliphatic heterocycles. The molecule has 0 fully saturated rings. The van der Waals surface area contributed by atoms with Crippen LogP contribution in [0.2, 0.25) is 0 Å². The Bertz CT molecular complexity index is 458. The average molecular weight is 222 g/mol. The number of para-hydroxylation sites is 1. The van der Waals surface area contributed by atoms with Crippen LogP contribution in [-0.2, 0) is 6.42 Å².